The summed E-state index contributed by atoms with van der Waals surface area (Å²) >= 11 is 0. The van der Waals surface area contributed by atoms with Crippen LogP contribution in [0.5, 0.6) is 0 Å². The van der Waals surface area contributed by atoms with Gasteiger partial charge in [0.25, 0.3) is 10.0 Å². The summed E-state index contributed by atoms with van der Waals surface area (Å²) < 4.78 is 42.3. The van der Waals surface area contributed by atoms with Crippen LogP contribution in [0.25, 0.3) is 0 Å². The van der Waals surface area contributed by atoms with Crippen LogP contribution in [-0.4, -0.2) is 52.3 Å². The summed E-state index contributed by atoms with van der Waals surface area (Å²) in [7, 11) is -1.85. The van der Waals surface area contributed by atoms with Gasteiger partial charge in [0.15, 0.2) is 5.78 Å². The van der Waals surface area contributed by atoms with Crippen molar-refractivity contribution < 1.29 is 17.6 Å². The molecular weight excluding hydrogens is 465 g/mol. The van der Waals surface area contributed by atoms with E-state index in [1.54, 1.807) is 16.4 Å². The third-order valence-corrected chi connectivity index (χ3v) is 8.80. The first-order chi connectivity index (χ1) is 16.8. The highest BCUT2D eigenvalue weighted by Crippen LogP contribution is 2.43. The maximum Gasteiger partial charge on any atom is 0.266 e. The summed E-state index contributed by atoms with van der Waals surface area (Å²) in [5, 5.41) is 0. The van der Waals surface area contributed by atoms with E-state index in [0.717, 1.165) is 18.5 Å². The Hall–Kier alpha value is -3.23. The van der Waals surface area contributed by atoms with Gasteiger partial charge in [0, 0.05) is 19.2 Å². The molecule has 0 N–H and O–H groups in total. The highest BCUT2D eigenvalue weighted by Gasteiger charge is 2.36. The average molecular weight is 494 g/mol. The van der Waals surface area contributed by atoms with Crippen molar-refractivity contribution >= 4 is 32.9 Å². The smallest absolute Gasteiger partial charge is 0.266 e. The third-order valence-electron chi connectivity index (χ3n) is 6.97. The number of benzene rings is 3. The number of hydrogen-bond acceptors (Lipinski definition) is 5. The minimum atomic E-state index is -3.74. The van der Waals surface area contributed by atoms with Crippen molar-refractivity contribution in [1.29, 1.82) is 0 Å². The van der Waals surface area contributed by atoms with Crippen LogP contribution in [0.1, 0.15) is 23.2 Å². The lowest BCUT2D eigenvalue weighted by Crippen LogP contribution is -2.42. The van der Waals surface area contributed by atoms with Crippen LogP contribution in [0.2, 0.25) is 0 Å². The Labute approximate surface area is 205 Å². The van der Waals surface area contributed by atoms with E-state index in [2.05, 4.69) is 4.90 Å². The van der Waals surface area contributed by atoms with E-state index in [-0.39, 0.29) is 24.1 Å². The van der Waals surface area contributed by atoms with Gasteiger partial charge in [-0.2, -0.15) is 0 Å². The zero-order valence-electron chi connectivity index (χ0n) is 19.6. The number of likely N-dealkylation sites (tertiary alicyclic amines) is 1. The third kappa shape index (κ3) is 4.56. The number of carbonyl (C=O) groups excluding carboxylic acids is 1. The van der Waals surface area contributed by atoms with E-state index in [0.29, 0.717) is 41.5 Å². The number of para-hydroxylation sites is 3. The fraction of sp³-hybridized carbons (Fsp3) is 0.296. The van der Waals surface area contributed by atoms with Gasteiger partial charge < -0.3 is 4.90 Å². The summed E-state index contributed by atoms with van der Waals surface area (Å²) in [6.45, 7) is 2.09. The number of fused-ring (bicyclic) bond motifs is 2. The van der Waals surface area contributed by atoms with E-state index in [9.17, 15) is 17.6 Å². The van der Waals surface area contributed by atoms with Crippen LogP contribution in [0.3, 0.4) is 0 Å². The van der Waals surface area contributed by atoms with Crippen LogP contribution < -0.4 is 9.21 Å². The van der Waals surface area contributed by atoms with E-state index >= 15 is 0 Å². The quantitative estimate of drug-likeness (QED) is 0.483. The van der Waals surface area contributed by atoms with Crippen LogP contribution >= 0.6 is 0 Å². The zero-order chi connectivity index (χ0) is 24.6. The van der Waals surface area contributed by atoms with E-state index in [1.165, 1.54) is 24.3 Å². The van der Waals surface area contributed by atoms with Crippen LogP contribution in [0.15, 0.2) is 77.7 Å². The Morgan fingerprint density at radius 2 is 1.49 bits per heavy atom. The van der Waals surface area contributed by atoms with Gasteiger partial charge in [-0.15, -0.1) is 0 Å². The Kier molecular flexibility index (Phi) is 6.34. The van der Waals surface area contributed by atoms with Crippen molar-refractivity contribution in [3.8, 4) is 0 Å². The molecule has 0 atom stereocenters. The molecular formula is C27H28FN3O3S. The number of Topliss-reactive ketones (excluding diaryl/α,β-unsaturated/α-hetero) is 1. The summed E-state index contributed by atoms with van der Waals surface area (Å²) in [4.78, 5) is 16.9. The molecule has 2 heterocycles. The zero-order valence-corrected chi connectivity index (χ0v) is 20.4. The lowest BCUT2D eigenvalue weighted by molar-refractivity contribution is 0.0898. The second-order valence-electron chi connectivity index (χ2n) is 9.20. The number of anilines is 3. The summed E-state index contributed by atoms with van der Waals surface area (Å²) in [6, 6.07) is 20.4. The predicted octanol–water partition coefficient (Wildman–Crippen LogP) is 4.70. The molecule has 0 aromatic heterocycles. The first-order valence-corrected chi connectivity index (χ1v) is 13.2. The topological polar surface area (TPSA) is 60.9 Å². The van der Waals surface area contributed by atoms with Crippen molar-refractivity contribution in [2.75, 3.05) is 42.4 Å². The molecule has 0 saturated carbocycles. The second-order valence-corrected chi connectivity index (χ2v) is 11.0. The molecule has 8 heteroatoms. The lowest BCUT2D eigenvalue weighted by Gasteiger charge is -2.35. The number of rotatable bonds is 5. The van der Waals surface area contributed by atoms with Crippen molar-refractivity contribution in [3.63, 3.8) is 0 Å². The molecule has 182 valence electrons. The van der Waals surface area contributed by atoms with Crippen LogP contribution in [0.4, 0.5) is 21.5 Å². The summed E-state index contributed by atoms with van der Waals surface area (Å²) in [5.74, 6) is -0.223. The SMILES string of the molecule is CN1c2ccccc2N(CC2CCN(CC(=O)c3ccc(F)cc3)CC2)S(=O)(=O)c2ccccc21. The molecule has 35 heavy (non-hydrogen) atoms. The highest BCUT2D eigenvalue weighted by molar-refractivity contribution is 7.93. The van der Waals surface area contributed by atoms with Crippen molar-refractivity contribution in [3.05, 3.63) is 84.2 Å². The Bertz CT molecular complexity index is 1340. The van der Waals surface area contributed by atoms with Crippen LogP contribution in [0, 0.1) is 11.7 Å². The van der Waals surface area contributed by atoms with E-state index < -0.39 is 10.0 Å². The first kappa shape index (κ1) is 23.5. The van der Waals surface area contributed by atoms with Gasteiger partial charge in [0.05, 0.1) is 23.6 Å². The van der Waals surface area contributed by atoms with Gasteiger partial charge >= 0.3 is 0 Å². The highest BCUT2D eigenvalue weighted by atomic mass is 32.2. The molecule has 2 aliphatic heterocycles. The number of carbonyl (C=O) groups is 1. The normalized spacial score (nSPS) is 18.0. The largest absolute Gasteiger partial charge is 0.342 e. The Balaban J connectivity index is 1.32. The molecule has 0 radical (unpaired) electrons. The van der Waals surface area contributed by atoms with Crippen molar-refractivity contribution in [2.45, 2.75) is 17.7 Å². The average Bonchev–Trinajstić information content (AvgIpc) is 2.94. The molecule has 3 aromatic rings. The maximum absolute atomic E-state index is 13.8. The molecule has 0 bridgehead atoms. The molecule has 1 saturated heterocycles. The van der Waals surface area contributed by atoms with Gasteiger partial charge in [-0.25, -0.2) is 12.8 Å². The standard InChI is InChI=1S/C27H28FN3O3S/c1-29-23-6-2-3-7-24(23)31(35(33,34)27-9-5-4-8-25(27)29)18-20-14-16-30(17-15-20)19-26(32)21-10-12-22(28)13-11-21/h2-13,20H,14-19H2,1H3. The molecule has 0 spiro atoms. The number of hydrogen-bond donors (Lipinski definition) is 0. The Morgan fingerprint density at radius 3 is 2.17 bits per heavy atom. The molecule has 0 amide bonds. The predicted molar refractivity (Wildman–Crippen MR) is 135 cm³/mol. The minimum absolute atomic E-state index is 0.0351. The molecule has 5 rings (SSSR count). The minimum Gasteiger partial charge on any atom is -0.342 e. The molecule has 0 unspecified atom stereocenters. The number of nitrogens with zero attached hydrogens (tertiary/aromatic N) is 3. The van der Waals surface area contributed by atoms with E-state index in [4.69, 9.17) is 0 Å². The monoisotopic (exact) mass is 493 g/mol. The lowest BCUT2D eigenvalue weighted by atomic mass is 9.96. The number of sulfonamides is 1. The Morgan fingerprint density at radius 1 is 0.886 bits per heavy atom. The molecule has 1 fully saturated rings. The number of piperidine rings is 1. The van der Waals surface area contributed by atoms with Crippen molar-refractivity contribution in [1.82, 2.24) is 4.90 Å². The van der Waals surface area contributed by atoms with Gasteiger partial charge in [0.1, 0.15) is 10.7 Å². The van der Waals surface area contributed by atoms with Crippen LogP contribution in [-0.2, 0) is 10.0 Å². The number of ketones is 1. The summed E-state index contributed by atoms with van der Waals surface area (Å²) in [5.41, 5.74) is 2.70. The molecule has 0 aliphatic carbocycles. The van der Waals surface area contributed by atoms with Gasteiger partial charge in [-0.3, -0.25) is 14.0 Å². The van der Waals surface area contributed by atoms with Gasteiger partial charge in [-0.1, -0.05) is 24.3 Å². The fourth-order valence-corrected chi connectivity index (χ4v) is 6.75. The number of halogens is 1. The molecule has 3 aromatic carbocycles. The summed E-state index contributed by atoms with van der Waals surface area (Å²) in [6.07, 6.45) is 1.59. The van der Waals surface area contributed by atoms with Gasteiger partial charge in [0.2, 0.25) is 0 Å². The second kappa shape index (κ2) is 9.43. The first-order valence-electron chi connectivity index (χ1n) is 11.8. The van der Waals surface area contributed by atoms with Gasteiger partial charge in [-0.05, 0) is 80.4 Å². The van der Waals surface area contributed by atoms with E-state index in [1.807, 2.05) is 48.3 Å². The fourth-order valence-electron chi connectivity index (χ4n) is 4.98. The van der Waals surface area contributed by atoms with Crippen molar-refractivity contribution in [2.24, 2.45) is 5.92 Å². The maximum atomic E-state index is 13.8. The molecule has 6 nitrogen and oxygen atoms in total. The molecule has 2 aliphatic rings.